The number of amides is 4. The average molecular weight is 464 g/mol. The SMILES string of the molecule is CC(C)[C@]1(c2ccc(C(=O)N3CCC(c4coc5cc(F)ccc45)CC3)cc2)NC(=O)NC1=O. The van der Waals surface area contributed by atoms with Crippen LogP contribution < -0.4 is 10.6 Å². The van der Waals surface area contributed by atoms with Gasteiger partial charge >= 0.3 is 6.03 Å². The third-order valence-electron chi connectivity index (χ3n) is 7.14. The van der Waals surface area contributed by atoms with Crippen molar-refractivity contribution in [2.75, 3.05) is 13.1 Å². The molecule has 8 heteroatoms. The van der Waals surface area contributed by atoms with Gasteiger partial charge in [-0.25, -0.2) is 9.18 Å². The molecule has 0 aliphatic carbocycles. The van der Waals surface area contributed by atoms with Crippen LogP contribution in [0.2, 0.25) is 0 Å². The highest BCUT2D eigenvalue weighted by Gasteiger charge is 2.50. The van der Waals surface area contributed by atoms with Gasteiger partial charge in [0.25, 0.3) is 11.8 Å². The van der Waals surface area contributed by atoms with Crippen molar-refractivity contribution < 1.29 is 23.2 Å². The van der Waals surface area contributed by atoms with Crippen molar-refractivity contribution in [3.63, 3.8) is 0 Å². The molecule has 0 radical (unpaired) electrons. The number of hydrogen-bond acceptors (Lipinski definition) is 4. The van der Waals surface area contributed by atoms with Crippen molar-refractivity contribution in [1.82, 2.24) is 15.5 Å². The molecule has 2 fully saturated rings. The van der Waals surface area contributed by atoms with Crippen LogP contribution >= 0.6 is 0 Å². The highest BCUT2D eigenvalue weighted by Crippen LogP contribution is 2.36. The van der Waals surface area contributed by atoms with Gasteiger partial charge in [-0.2, -0.15) is 0 Å². The van der Waals surface area contributed by atoms with Gasteiger partial charge in [-0.3, -0.25) is 14.9 Å². The molecule has 2 aromatic carbocycles. The fraction of sp³-hybridized carbons (Fsp3) is 0.346. The molecule has 176 valence electrons. The monoisotopic (exact) mass is 463 g/mol. The summed E-state index contributed by atoms with van der Waals surface area (Å²) in [5, 5.41) is 5.99. The second-order valence-corrected chi connectivity index (χ2v) is 9.35. The Bertz CT molecular complexity index is 1270. The normalized spacial score (nSPS) is 21.2. The van der Waals surface area contributed by atoms with E-state index in [1.165, 1.54) is 12.1 Å². The number of hydrogen-bond donors (Lipinski definition) is 2. The van der Waals surface area contributed by atoms with Gasteiger partial charge in [0, 0.05) is 35.7 Å². The number of halogens is 1. The lowest BCUT2D eigenvalue weighted by Crippen LogP contribution is -2.48. The molecule has 2 saturated heterocycles. The molecule has 34 heavy (non-hydrogen) atoms. The summed E-state index contributed by atoms with van der Waals surface area (Å²) in [5.74, 6) is -0.704. The van der Waals surface area contributed by atoms with Crippen LogP contribution in [0, 0.1) is 11.7 Å². The van der Waals surface area contributed by atoms with E-state index in [1.807, 2.05) is 18.7 Å². The number of carbonyl (C=O) groups is 3. The Hall–Kier alpha value is -3.68. The summed E-state index contributed by atoms with van der Waals surface area (Å²) in [6.07, 6.45) is 3.28. The van der Waals surface area contributed by atoms with Gasteiger partial charge in [0.15, 0.2) is 0 Å². The smallest absolute Gasteiger partial charge is 0.322 e. The molecule has 0 bridgehead atoms. The molecule has 0 unspecified atom stereocenters. The Morgan fingerprint density at radius 3 is 2.44 bits per heavy atom. The number of imide groups is 1. The van der Waals surface area contributed by atoms with E-state index in [-0.39, 0.29) is 29.5 Å². The standard InChI is InChI=1S/C26H26FN3O4/c1-15(2)26(24(32)28-25(33)29-26)18-5-3-17(4-6-18)23(31)30-11-9-16(10-12-30)21-14-34-22-13-19(27)7-8-20(21)22/h3-8,13-16H,9-12H2,1-2H3,(H2,28,29,32,33)/t26-/m1/s1. The van der Waals surface area contributed by atoms with E-state index < -0.39 is 11.6 Å². The second-order valence-electron chi connectivity index (χ2n) is 9.35. The Morgan fingerprint density at radius 2 is 1.82 bits per heavy atom. The van der Waals surface area contributed by atoms with Crippen LogP contribution in [0.5, 0.6) is 0 Å². The van der Waals surface area contributed by atoms with Crippen LogP contribution in [-0.2, 0) is 10.3 Å². The Kier molecular flexibility index (Phi) is 5.38. The van der Waals surface area contributed by atoms with Crippen LogP contribution in [0.15, 0.2) is 53.1 Å². The highest BCUT2D eigenvalue weighted by molar-refractivity contribution is 6.07. The summed E-state index contributed by atoms with van der Waals surface area (Å²) in [5.41, 5.74) is 1.63. The average Bonchev–Trinajstić information content (AvgIpc) is 3.38. The zero-order chi connectivity index (χ0) is 24.0. The number of fused-ring (bicyclic) bond motifs is 1. The summed E-state index contributed by atoms with van der Waals surface area (Å²) in [7, 11) is 0. The first-order chi connectivity index (χ1) is 16.3. The predicted octanol–water partition coefficient (Wildman–Crippen LogP) is 4.28. The first-order valence-corrected chi connectivity index (χ1v) is 11.5. The summed E-state index contributed by atoms with van der Waals surface area (Å²) in [6, 6.07) is 11.0. The fourth-order valence-electron chi connectivity index (χ4n) is 5.20. The zero-order valence-corrected chi connectivity index (χ0v) is 19.1. The molecular weight excluding hydrogens is 437 g/mol. The number of nitrogens with zero attached hydrogens (tertiary/aromatic N) is 1. The molecule has 3 heterocycles. The molecular formula is C26H26FN3O4. The topological polar surface area (TPSA) is 91.7 Å². The molecule has 2 aliphatic rings. The van der Waals surface area contributed by atoms with Gasteiger partial charge in [0.05, 0.1) is 6.26 Å². The zero-order valence-electron chi connectivity index (χ0n) is 19.1. The molecule has 7 nitrogen and oxygen atoms in total. The maximum absolute atomic E-state index is 13.5. The van der Waals surface area contributed by atoms with Crippen LogP contribution in [0.1, 0.15) is 54.1 Å². The van der Waals surface area contributed by atoms with Crippen molar-refractivity contribution in [1.29, 1.82) is 0 Å². The van der Waals surface area contributed by atoms with Crippen molar-refractivity contribution in [3.05, 3.63) is 71.2 Å². The van der Waals surface area contributed by atoms with E-state index >= 15 is 0 Å². The molecule has 5 rings (SSSR count). The van der Waals surface area contributed by atoms with E-state index in [1.54, 1.807) is 36.6 Å². The number of urea groups is 1. The maximum Gasteiger partial charge on any atom is 0.322 e. The van der Waals surface area contributed by atoms with Crippen molar-refractivity contribution in [2.45, 2.75) is 38.1 Å². The number of furan rings is 1. The number of carbonyl (C=O) groups excluding carboxylic acids is 3. The van der Waals surface area contributed by atoms with Gasteiger partial charge in [-0.15, -0.1) is 0 Å². The Balaban J connectivity index is 1.28. The quantitative estimate of drug-likeness (QED) is 0.565. The maximum atomic E-state index is 13.5. The minimum absolute atomic E-state index is 0.0670. The third-order valence-corrected chi connectivity index (χ3v) is 7.14. The Labute approximate surface area is 196 Å². The fourth-order valence-corrected chi connectivity index (χ4v) is 5.20. The summed E-state index contributed by atoms with van der Waals surface area (Å²) < 4.78 is 19.0. The minimum Gasteiger partial charge on any atom is -0.464 e. The summed E-state index contributed by atoms with van der Waals surface area (Å²) in [4.78, 5) is 39.3. The molecule has 1 atom stereocenters. The van der Waals surface area contributed by atoms with E-state index in [0.29, 0.717) is 29.8 Å². The van der Waals surface area contributed by atoms with Crippen LogP contribution in [0.25, 0.3) is 11.0 Å². The molecule has 1 aromatic heterocycles. The predicted molar refractivity (Wildman–Crippen MR) is 124 cm³/mol. The molecule has 2 N–H and O–H groups in total. The summed E-state index contributed by atoms with van der Waals surface area (Å²) >= 11 is 0. The van der Waals surface area contributed by atoms with Crippen molar-refractivity contribution >= 4 is 28.8 Å². The molecule has 4 amide bonds. The van der Waals surface area contributed by atoms with Gasteiger partial charge in [-0.1, -0.05) is 26.0 Å². The molecule has 0 saturated carbocycles. The molecule has 2 aliphatic heterocycles. The van der Waals surface area contributed by atoms with Gasteiger partial charge in [-0.05, 0) is 54.5 Å². The van der Waals surface area contributed by atoms with Crippen LogP contribution in [0.3, 0.4) is 0 Å². The number of benzene rings is 2. The molecule has 0 spiro atoms. The number of nitrogens with one attached hydrogen (secondary N) is 2. The summed E-state index contributed by atoms with van der Waals surface area (Å²) in [6.45, 7) is 4.95. The number of piperidine rings is 1. The number of rotatable bonds is 4. The van der Waals surface area contributed by atoms with Crippen LogP contribution in [0.4, 0.5) is 9.18 Å². The van der Waals surface area contributed by atoms with Gasteiger partial charge in [0.2, 0.25) is 0 Å². The van der Waals surface area contributed by atoms with Crippen molar-refractivity contribution in [3.8, 4) is 0 Å². The Morgan fingerprint density at radius 1 is 1.12 bits per heavy atom. The second kappa shape index (κ2) is 8.27. The lowest BCUT2D eigenvalue weighted by atomic mass is 9.79. The molecule has 3 aromatic rings. The van der Waals surface area contributed by atoms with E-state index in [9.17, 15) is 18.8 Å². The van der Waals surface area contributed by atoms with Crippen molar-refractivity contribution in [2.24, 2.45) is 5.92 Å². The third kappa shape index (κ3) is 3.54. The van der Waals surface area contributed by atoms with E-state index in [2.05, 4.69) is 10.6 Å². The first kappa shape index (κ1) is 22.1. The lowest BCUT2D eigenvalue weighted by Gasteiger charge is -2.32. The highest BCUT2D eigenvalue weighted by atomic mass is 19.1. The van der Waals surface area contributed by atoms with E-state index in [0.717, 1.165) is 23.8 Å². The number of likely N-dealkylation sites (tertiary alicyclic amines) is 1. The lowest BCUT2D eigenvalue weighted by molar-refractivity contribution is -0.125. The minimum atomic E-state index is -1.15. The van der Waals surface area contributed by atoms with E-state index in [4.69, 9.17) is 4.42 Å². The first-order valence-electron chi connectivity index (χ1n) is 11.5. The largest absolute Gasteiger partial charge is 0.464 e. The van der Waals surface area contributed by atoms with Crippen LogP contribution in [-0.4, -0.2) is 35.8 Å². The van der Waals surface area contributed by atoms with Gasteiger partial charge in [0.1, 0.15) is 16.9 Å². The van der Waals surface area contributed by atoms with Gasteiger partial charge < -0.3 is 14.6 Å².